The first kappa shape index (κ1) is 11.5. The molecule has 0 unspecified atom stereocenters. The monoisotopic (exact) mass is 255 g/mol. The van der Waals surface area contributed by atoms with E-state index in [1.807, 2.05) is 30.3 Å². The van der Waals surface area contributed by atoms with Gasteiger partial charge >= 0.3 is 0 Å². The van der Waals surface area contributed by atoms with Crippen molar-refractivity contribution in [3.05, 3.63) is 64.6 Å². The van der Waals surface area contributed by atoms with E-state index in [1.54, 1.807) is 19.3 Å². The number of fused-ring (bicyclic) bond motifs is 1. The lowest BCUT2D eigenvalue weighted by atomic mass is 10.2. The Kier molecular flexibility index (Phi) is 2.79. The van der Waals surface area contributed by atoms with Crippen LogP contribution in [0.15, 0.2) is 51.9 Å². The molecule has 0 atom stereocenters. The third kappa shape index (κ3) is 2.10. The van der Waals surface area contributed by atoms with Crippen LogP contribution in [-0.2, 0) is 6.54 Å². The molecule has 0 radical (unpaired) electrons. The molecule has 96 valence electrons. The summed E-state index contributed by atoms with van der Waals surface area (Å²) in [5, 5.41) is 0.597. The normalized spacial score (nSPS) is 10.8. The number of aryl methyl sites for hydroxylation is 1. The van der Waals surface area contributed by atoms with Crippen LogP contribution in [-0.4, -0.2) is 9.66 Å². The highest BCUT2D eigenvalue weighted by Crippen LogP contribution is 2.07. The standard InChI is InChI=1S/C14H13N3O2/c1-10-16-13-7-3-2-6-12(13)14(18)17(10)15-9-11-5-4-8-19-11/h2-8,15H,9H2,1H3. The van der Waals surface area contributed by atoms with E-state index in [0.29, 0.717) is 23.3 Å². The van der Waals surface area contributed by atoms with Crippen LogP contribution in [0.1, 0.15) is 11.6 Å². The molecule has 19 heavy (non-hydrogen) atoms. The first-order valence-corrected chi connectivity index (χ1v) is 6.00. The largest absolute Gasteiger partial charge is 0.467 e. The van der Waals surface area contributed by atoms with Crippen molar-refractivity contribution in [3.8, 4) is 0 Å². The zero-order valence-electron chi connectivity index (χ0n) is 10.5. The second-order valence-corrected chi connectivity index (χ2v) is 4.23. The lowest BCUT2D eigenvalue weighted by molar-refractivity contribution is 0.508. The summed E-state index contributed by atoms with van der Waals surface area (Å²) in [7, 11) is 0. The zero-order valence-corrected chi connectivity index (χ0v) is 10.5. The molecule has 0 bridgehead atoms. The van der Waals surface area contributed by atoms with E-state index in [9.17, 15) is 4.79 Å². The summed E-state index contributed by atoms with van der Waals surface area (Å²) in [6.45, 7) is 2.23. The van der Waals surface area contributed by atoms with Crippen LogP contribution in [0.2, 0.25) is 0 Å². The molecular formula is C14H13N3O2. The highest BCUT2D eigenvalue weighted by Gasteiger charge is 2.07. The maximum atomic E-state index is 12.3. The SMILES string of the molecule is Cc1nc2ccccc2c(=O)n1NCc1ccco1. The van der Waals surface area contributed by atoms with Gasteiger partial charge in [-0.2, -0.15) is 0 Å². The average Bonchev–Trinajstić information content (AvgIpc) is 2.92. The minimum atomic E-state index is -0.102. The van der Waals surface area contributed by atoms with Crippen LogP contribution in [0.3, 0.4) is 0 Å². The van der Waals surface area contributed by atoms with Gasteiger partial charge < -0.3 is 9.84 Å². The van der Waals surface area contributed by atoms with Crippen LogP contribution in [0.4, 0.5) is 0 Å². The Morgan fingerprint density at radius 3 is 2.89 bits per heavy atom. The Balaban J connectivity index is 2.01. The van der Waals surface area contributed by atoms with Crippen molar-refractivity contribution in [2.45, 2.75) is 13.5 Å². The number of hydrogen-bond donors (Lipinski definition) is 1. The van der Waals surface area contributed by atoms with Crippen molar-refractivity contribution in [1.82, 2.24) is 9.66 Å². The first-order chi connectivity index (χ1) is 9.25. The Morgan fingerprint density at radius 1 is 1.26 bits per heavy atom. The van der Waals surface area contributed by atoms with Crippen LogP contribution >= 0.6 is 0 Å². The molecule has 3 aromatic rings. The zero-order chi connectivity index (χ0) is 13.2. The summed E-state index contributed by atoms with van der Waals surface area (Å²) >= 11 is 0. The molecule has 5 nitrogen and oxygen atoms in total. The number of para-hydroxylation sites is 1. The number of furan rings is 1. The van der Waals surface area contributed by atoms with Gasteiger partial charge in [0.15, 0.2) is 0 Å². The number of rotatable bonds is 3. The summed E-state index contributed by atoms with van der Waals surface area (Å²) in [6, 6.07) is 11.0. The van der Waals surface area contributed by atoms with Gasteiger partial charge in [0, 0.05) is 0 Å². The molecule has 3 rings (SSSR count). The topological polar surface area (TPSA) is 60.1 Å². The summed E-state index contributed by atoms with van der Waals surface area (Å²) in [4.78, 5) is 16.7. The number of benzene rings is 1. The smallest absolute Gasteiger partial charge is 0.279 e. The molecule has 0 spiro atoms. The van der Waals surface area contributed by atoms with E-state index >= 15 is 0 Å². The van der Waals surface area contributed by atoms with E-state index < -0.39 is 0 Å². The minimum absolute atomic E-state index is 0.102. The Bertz CT molecular complexity index is 760. The van der Waals surface area contributed by atoms with E-state index in [0.717, 1.165) is 5.76 Å². The van der Waals surface area contributed by atoms with Gasteiger partial charge in [0.2, 0.25) is 0 Å². The Hall–Kier alpha value is -2.56. The lowest BCUT2D eigenvalue weighted by Crippen LogP contribution is -2.31. The molecule has 2 heterocycles. The van der Waals surface area contributed by atoms with Gasteiger partial charge in [-0.15, -0.1) is 0 Å². The predicted octanol–water partition coefficient (Wildman–Crippen LogP) is 2.04. The van der Waals surface area contributed by atoms with Gasteiger partial charge in [0.25, 0.3) is 5.56 Å². The molecule has 0 saturated carbocycles. The first-order valence-electron chi connectivity index (χ1n) is 6.00. The molecule has 0 saturated heterocycles. The van der Waals surface area contributed by atoms with Crippen molar-refractivity contribution in [1.29, 1.82) is 0 Å². The molecule has 0 amide bonds. The molecule has 0 aliphatic heterocycles. The second kappa shape index (κ2) is 4.61. The highest BCUT2D eigenvalue weighted by atomic mass is 16.3. The van der Waals surface area contributed by atoms with Crippen LogP contribution in [0, 0.1) is 6.92 Å². The van der Waals surface area contributed by atoms with Gasteiger partial charge in [0.1, 0.15) is 11.6 Å². The maximum Gasteiger partial charge on any atom is 0.279 e. The van der Waals surface area contributed by atoms with E-state index in [1.165, 1.54) is 4.68 Å². The number of nitrogens with one attached hydrogen (secondary N) is 1. The molecule has 5 heteroatoms. The van der Waals surface area contributed by atoms with Crippen LogP contribution in [0.5, 0.6) is 0 Å². The van der Waals surface area contributed by atoms with Crippen molar-refractivity contribution >= 4 is 10.9 Å². The molecule has 1 N–H and O–H groups in total. The highest BCUT2D eigenvalue weighted by molar-refractivity contribution is 5.77. The maximum absolute atomic E-state index is 12.3. The van der Waals surface area contributed by atoms with Crippen molar-refractivity contribution in [2.24, 2.45) is 0 Å². The van der Waals surface area contributed by atoms with Crippen LogP contribution < -0.4 is 11.0 Å². The van der Waals surface area contributed by atoms with Crippen molar-refractivity contribution in [3.63, 3.8) is 0 Å². The summed E-state index contributed by atoms with van der Waals surface area (Å²) in [5.74, 6) is 1.38. The van der Waals surface area contributed by atoms with Gasteiger partial charge in [-0.25, -0.2) is 9.66 Å². The third-order valence-electron chi connectivity index (χ3n) is 2.93. The number of nitrogens with zero attached hydrogens (tertiary/aromatic N) is 2. The van der Waals surface area contributed by atoms with Gasteiger partial charge in [0.05, 0.1) is 23.7 Å². The Morgan fingerprint density at radius 2 is 2.11 bits per heavy atom. The Labute approximate surface area is 109 Å². The average molecular weight is 255 g/mol. The van der Waals surface area contributed by atoms with Gasteiger partial charge in [-0.05, 0) is 31.2 Å². The predicted molar refractivity (Wildman–Crippen MR) is 72.5 cm³/mol. The van der Waals surface area contributed by atoms with Crippen molar-refractivity contribution < 1.29 is 4.42 Å². The van der Waals surface area contributed by atoms with E-state index in [-0.39, 0.29) is 5.56 Å². The molecule has 0 aliphatic carbocycles. The number of aromatic nitrogens is 2. The van der Waals surface area contributed by atoms with Crippen molar-refractivity contribution in [2.75, 3.05) is 5.43 Å². The third-order valence-corrected chi connectivity index (χ3v) is 2.93. The molecule has 1 aromatic carbocycles. The van der Waals surface area contributed by atoms with Crippen LogP contribution in [0.25, 0.3) is 10.9 Å². The fraction of sp³-hybridized carbons (Fsp3) is 0.143. The van der Waals surface area contributed by atoms with Gasteiger partial charge in [-0.1, -0.05) is 12.1 Å². The summed E-state index contributed by atoms with van der Waals surface area (Å²) in [5.41, 5.74) is 3.63. The molecule has 2 aromatic heterocycles. The number of hydrogen-bond acceptors (Lipinski definition) is 4. The van der Waals surface area contributed by atoms with E-state index in [2.05, 4.69) is 10.4 Å². The molecule has 0 fully saturated rings. The summed E-state index contributed by atoms with van der Waals surface area (Å²) < 4.78 is 6.67. The van der Waals surface area contributed by atoms with E-state index in [4.69, 9.17) is 4.42 Å². The molecular weight excluding hydrogens is 242 g/mol. The fourth-order valence-electron chi connectivity index (χ4n) is 2.00. The summed E-state index contributed by atoms with van der Waals surface area (Å²) in [6.07, 6.45) is 1.60. The second-order valence-electron chi connectivity index (χ2n) is 4.23. The van der Waals surface area contributed by atoms with Gasteiger partial charge in [-0.3, -0.25) is 4.79 Å². The quantitative estimate of drug-likeness (QED) is 0.778. The molecule has 0 aliphatic rings. The lowest BCUT2D eigenvalue weighted by Gasteiger charge is -2.11. The fourth-order valence-corrected chi connectivity index (χ4v) is 2.00. The minimum Gasteiger partial charge on any atom is -0.467 e.